The fourth-order valence-electron chi connectivity index (χ4n) is 1.23. The molecule has 0 radical (unpaired) electrons. The number of aliphatic carboxylic acids is 1. The average Bonchev–Trinajstić information content (AvgIpc) is 2.77. The van der Waals surface area contributed by atoms with Crippen molar-refractivity contribution in [3.05, 3.63) is 18.0 Å². The van der Waals surface area contributed by atoms with Gasteiger partial charge < -0.3 is 14.9 Å². The van der Waals surface area contributed by atoms with E-state index in [-0.39, 0.29) is 11.6 Å². The largest absolute Gasteiger partial charge is 0.480 e. The van der Waals surface area contributed by atoms with Crippen LogP contribution in [0.2, 0.25) is 0 Å². The Kier molecular flexibility index (Phi) is 4.04. The number of hydrogen-bond acceptors (Lipinski definition) is 4. The molecule has 2 unspecified atom stereocenters. The summed E-state index contributed by atoms with van der Waals surface area (Å²) in [6.45, 7) is 3.63. The van der Waals surface area contributed by atoms with Gasteiger partial charge in [0.2, 0.25) is 0 Å². The van der Waals surface area contributed by atoms with Crippen LogP contribution < -0.4 is 5.32 Å². The second-order valence-electron chi connectivity index (χ2n) is 3.56. The van der Waals surface area contributed by atoms with E-state index < -0.39 is 17.9 Å². The van der Waals surface area contributed by atoms with E-state index in [2.05, 4.69) is 15.0 Å². The minimum atomic E-state index is -1.05. The lowest BCUT2D eigenvalue weighted by Crippen LogP contribution is -2.45. The van der Waals surface area contributed by atoms with Crippen LogP contribution in [0.1, 0.15) is 30.8 Å². The molecule has 0 fully saturated rings. The normalized spacial score (nSPS) is 14.1. The Morgan fingerprint density at radius 2 is 2.31 bits per heavy atom. The highest BCUT2D eigenvalue weighted by molar-refractivity contribution is 5.94. The molecule has 1 aromatic rings. The molecule has 1 rings (SSSR count). The zero-order valence-corrected chi connectivity index (χ0v) is 9.14. The number of rotatable bonds is 5. The van der Waals surface area contributed by atoms with E-state index in [0.29, 0.717) is 6.42 Å². The van der Waals surface area contributed by atoms with Crippen LogP contribution in [0.15, 0.2) is 16.9 Å². The molecule has 0 bridgehead atoms. The van der Waals surface area contributed by atoms with Gasteiger partial charge in [0.25, 0.3) is 5.91 Å². The number of carbonyl (C=O) groups excluding carboxylic acids is 1. The molecule has 0 saturated heterocycles. The smallest absolute Gasteiger partial charge is 0.326 e. The van der Waals surface area contributed by atoms with Gasteiger partial charge in [-0.3, -0.25) is 4.79 Å². The lowest BCUT2D eigenvalue weighted by Gasteiger charge is -2.19. The second kappa shape index (κ2) is 5.29. The summed E-state index contributed by atoms with van der Waals surface area (Å²) in [5, 5.41) is 14.8. The Bertz CT molecular complexity index is 361. The van der Waals surface area contributed by atoms with Crippen LogP contribution in [-0.2, 0) is 4.79 Å². The highest BCUT2D eigenvalue weighted by atomic mass is 16.5. The molecule has 16 heavy (non-hydrogen) atoms. The molecular weight excluding hydrogens is 212 g/mol. The van der Waals surface area contributed by atoms with Crippen molar-refractivity contribution in [2.45, 2.75) is 26.3 Å². The first-order valence-corrected chi connectivity index (χ1v) is 5.00. The van der Waals surface area contributed by atoms with Gasteiger partial charge in [-0.05, 0) is 5.92 Å². The van der Waals surface area contributed by atoms with Crippen molar-refractivity contribution in [3.8, 4) is 0 Å². The van der Waals surface area contributed by atoms with Crippen LogP contribution in [0.4, 0.5) is 0 Å². The summed E-state index contributed by atoms with van der Waals surface area (Å²) in [6, 6.07) is 0.472. The minimum Gasteiger partial charge on any atom is -0.480 e. The molecule has 2 N–H and O–H groups in total. The summed E-state index contributed by atoms with van der Waals surface area (Å²) in [5.74, 6) is -1.74. The summed E-state index contributed by atoms with van der Waals surface area (Å²) < 4.78 is 4.51. The Morgan fingerprint density at radius 1 is 1.62 bits per heavy atom. The first kappa shape index (κ1) is 12.2. The highest BCUT2D eigenvalue weighted by Crippen LogP contribution is 2.08. The van der Waals surface area contributed by atoms with Crippen molar-refractivity contribution in [3.63, 3.8) is 0 Å². The zero-order chi connectivity index (χ0) is 12.1. The van der Waals surface area contributed by atoms with Crippen LogP contribution in [0.3, 0.4) is 0 Å². The molecule has 0 aliphatic carbocycles. The van der Waals surface area contributed by atoms with Gasteiger partial charge >= 0.3 is 5.97 Å². The molecule has 1 heterocycles. The van der Waals surface area contributed by atoms with Crippen LogP contribution in [0, 0.1) is 5.92 Å². The molecule has 0 aromatic carbocycles. The fourth-order valence-corrected chi connectivity index (χ4v) is 1.23. The molecule has 2 atom stereocenters. The van der Waals surface area contributed by atoms with E-state index in [4.69, 9.17) is 5.11 Å². The summed E-state index contributed by atoms with van der Waals surface area (Å²) in [4.78, 5) is 22.5. The van der Waals surface area contributed by atoms with Crippen molar-refractivity contribution in [1.29, 1.82) is 0 Å². The van der Waals surface area contributed by atoms with E-state index in [1.165, 1.54) is 12.3 Å². The molecule has 0 spiro atoms. The van der Waals surface area contributed by atoms with Gasteiger partial charge in [0.15, 0.2) is 5.69 Å². The number of hydrogen-bond donors (Lipinski definition) is 2. The SMILES string of the molecule is CCC(C)C(NC(=O)c1ccon1)C(=O)O. The Balaban J connectivity index is 2.69. The van der Waals surface area contributed by atoms with E-state index in [1.54, 1.807) is 6.92 Å². The van der Waals surface area contributed by atoms with Crippen LogP contribution >= 0.6 is 0 Å². The third-order valence-electron chi connectivity index (χ3n) is 2.44. The summed E-state index contributed by atoms with van der Waals surface area (Å²) in [5.41, 5.74) is 0.0783. The van der Waals surface area contributed by atoms with Crippen LogP contribution in [0.25, 0.3) is 0 Å². The van der Waals surface area contributed by atoms with Crippen molar-refractivity contribution in [2.24, 2.45) is 5.92 Å². The molecule has 0 aliphatic heterocycles. The first-order valence-electron chi connectivity index (χ1n) is 5.00. The maximum Gasteiger partial charge on any atom is 0.326 e. The van der Waals surface area contributed by atoms with E-state index in [9.17, 15) is 9.59 Å². The fraction of sp³-hybridized carbons (Fsp3) is 0.500. The Morgan fingerprint density at radius 3 is 2.75 bits per heavy atom. The first-order chi connectivity index (χ1) is 7.56. The average molecular weight is 226 g/mol. The number of carbonyl (C=O) groups is 2. The van der Waals surface area contributed by atoms with Crippen molar-refractivity contribution < 1.29 is 19.2 Å². The standard InChI is InChI=1S/C10H14N2O4/c1-3-6(2)8(10(14)15)11-9(13)7-4-5-16-12-7/h4-6,8H,3H2,1-2H3,(H,11,13)(H,14,15). The maximum atomic E-state index is 11.5. The van der Waals surface area contributed by atoms with E-state index >= 15 is 0 Å². The molecular formula is C10H14N2O4. The van der Waals surface area contributed by atoms with Gasteiger partial charge in [-0.15, -0.1) is 0 Å². The summed E-state index contributed by atoms with van der Waals surface area (Å²) in [7, 11) is 0. The van der Waals surface area contributed by atoms with E-state index in [1.807, 2.05) is 6.92 Å². The highest BCUT2D eigenvalue weighted by Gasteiger charge is 2.26. The summed E-state index contributed by atoms with van der Waals surface area (Å²) in [6.07, 6.45) is 1.92. The lowest BCUT2D eigenvalue weighted by atomic mass is 9.99. The van der Waals surface area contributed by atoms with Gasteiger partial charge in [0.1, 0.15) is 12.3 Å². The van der Waals surface area contributed by atoms with Gasteiger partial charge in [0, 0.05) is 6.07 Å². The number of amides is 1. The predicted octanol–water partition coefficient (Wildman–Crippen LogP) is 0.904. The third-order valence-corrected chi connectivity index (χ3v) is 2.44. The van der Waals surface area contributed by atoms with E-state index in [0.717, 1.165) is 0 Å². The van der Waals surface area contributed by atoms with Gasteiger partial charge in [0.05, 0.1) is 0 Å². The predicted molar refractivity (Wildman–Crippen MR) is 54.8 cm³/mol. The van der Waals surface area contributed by atoms with Crippen molar-refractivity contribution >= 4 is 11.9 Å². The van der Waals surface area contributed by atoms with Gasteiger partial charge in [-0.1, -0.05) is 25.4 Å². The molecule has 1 aromatic heterocycles. The molecule has 1 amide bonds. The second-order valence-corrected chi connectivity index (χ2v) is 3.56. The topological polar surface area (TPSA) is 92.4 Å². The molecule has 6 heteroatoms. The monoisotopic (exact) mass is 226 g/mol. The number of nitrogens with zero attached hydrogens (tertiary/aromatic N) is 1. The van der Waals surface area contributed by atoms with Gasteiger partial charge in [-0.25, -0.2) is 4.79 Å². The zero-order valence-electron chi connectivity index (χ0n) is 9.14. The van der Waals surface area contributed by atoms with Gasteiger partial charge in [-0.2, -0.15) is 0 Å². The van der Waals surface area contributed by atoms with Crippen LogP contribution in [-0.4, -0.2) is 28.2 Å². The Labute approximate surface area is 92.6 Å². The quantitative estimate of drug-likeness (QED) is 0.778. The van der Waals surface area contributed by atoms with Crippen molar-refractivity contribution in [1.82, 2.24) is 10.5 Å². The van der Waals surface area contributed by atoms with Crippen molar-refractivity contribution in [2.75, 3.05) is 0 Å². The molecule has 6 nitrogen and oxygen atoms in total. The number of carboxylic acids is 1. The number of aromatic nitrogens is 1. The third kappa shape index (κ3) is 2.82. The lowest BCUT2D eigenvalue weighted by molar-refractivity contribution is -0.140. The number of carboxylic acid groups (broad SMARTS) is 1. The van der Waals surface area contributed by atoms with Crippen LogP contribution in [0.5, 0.6) is 0 Å². The molecule has 0 aliphatic rings. The molecule has 88 valence electrons. The maximum absolute atomic E-state index is 11.5. The number of nitrogens with one attached hydrogen (secondary N) is 1. The molecule has 0 saturated carbocycles. The summed E-state index contributed by atoms with van der Waals surface area (Å²) >= 11 is 0. The minimum absolute atomic E-state index is 0.0783. The Hall–Kier alpha value is -1.85.